The van der Waals surface area contributed by atoms with Crippen molar-refractivity contribution in [2.24, 2.45) is 0 Å². The summed E-state index contributed by atoms with van der Waals surface area (Å²) in [5.74, 6) is -1.27. The van der Waals surface area contributed by atoms with Gasteiger partial charge in [-0.15, -0.1) is 0 Å². The van der Waals surface area contributed by atoms with Crippen LogP contribution in [0.1, 0.15) is 30.4 Å². The molecule has 0 unspecified atom stereocenters. The molecule has 1 aromatic heterocycles. The van der Waals surface area contributed by atoms with Gasteiger partial charge in [0.2, 0.25) is 5.91 Å². The zero-order valence-electron chi connectivity index (χ0n) is 15.9. The molecule has 1 aliphatic heterocycles. The van der Waals surface area contributed by atoms with Crippen molar-refractivity contribution in [1.29, 1.82) is 0 Å². The number of aryl methyl sites for hydroxylation is 1. The van der Waals surface area contributed by atoms with Crippen LogP contribution in [0.2, 0.25) is 0 Å². The first-order valence-corrected chi connectivity index (χ1v) is 9.49. The van der Waals surface area contributed by atoms with Gasteiger partial charge in [0.15, 0.2) is 0 Å². The molecular formula is C23H20FN3O2. The molecule has 0 radical (unpaired) electrons. The van der Waals surface area contributed by atoms with Crippen molar-refractivity contribution in [3.63, 3.8) is 0 Å². The Hall–Kier alpha value is -3.54. The molecule has 0 fully saturated rings. The van der Waals surface area contributed by atoms with Crippen molar-refractivity contribution in [1.82, 2.24) is 10.3 Å². The summed E-state index contributed by atoms with van der Waals surface area (Å²) in [6.07, 6.45) is 4.05. The van der Waals surface area contributed by atoms with Crippen molar-refractivity contribution in [2.75, 3.05) is 5.32 Å². The summed E-state index contributed by atoms with van der Waals surface area (Å²) in [7, 11) is 0. The Kier molecular flexibility index (Phi) is 5.08. The molecule has 5 nitrogen and oxygen atoms in total. The number of rotatable bonds is 4. The van der Waals surface area contributed by atoms with Gasteiger partial charge in [-0.2, -0.15) is 0 Å². The van der Waals surface area contributed by atoms with Crippen molar-refractivity contribution in [3.8, 4) is 0 Å². The zero-order chi connectivity index (χ0) is 20.4. The maximum Gasteiger partial charge on any atom is 0.253 e. The molecule has 0 spiro atoms. The molecule has 0 saturated carbocycles. The first kappa shape index (κ1) is 18.8. The van der Waals surface area contributed by atoms with E-state index < -0.39 is 5.92 Å². The van der Waals surface area contributed by atoms with Gasteiger partial charge in [-0.25, -0.2) is 4.39 Å². The normalized spacial score (nSPS) is 16.3. The van der Waals surface area contributed by atoms with Gasteiger partial charge in [-0.3, -0.25) is 14.6 Å². The summed E-state index contributed by atoms with van der Waals surface area (Å²) >= 11 is 0. The fourth-order valence-electron chi connectivity index (χ4n) is 3.74. The number of pyridine rings is 1. The van der Waals surface area contributed by atoms with E-state index in [1.54, 1.807) is 18.3 Å². The lowest BCUT2D eigenvalue weighted by atomic mass is 9.86. The number of carbonyl (C=O) groups excluding carboxylic acids is 2. The standard InChI is InChI=1S/C23H20FN3O2/c1-2-16-17-4-3-11-25-20(17)9-10-21(16)27-23(29)19-13-26-22(28)12-18(19)14-5-7-15(24)8-6-14/h3-11,13,18H,2,12H2,1H3,(H,26,28)(H,27,29)/t18-/m0/s1. The second kappa shape index (κ2) is 7.83. The number of nitrogens with one attached hydrogen (secondary N) is 2. The molecule has 0 bridgehead atoms. The quantitative estimate of drug-likeness (QED) is 0.707. The van der Waals surface area contributed by atoms with Crippen LogP contribution in [0.3, 0.4) is 0 Å². The zero-order valence-corrected chi connectivity index (χ0v) is 15.9. The Bertz CT molecular complexity index is 1120. The van der Waals surface area contributed by atoms with E-state index in [0.717, 1.165) is 28.5 Å². The summed E-state index contributed by atoms with van der Waals surface area (Å²) in [6, 6.07) is 13.5. The molecule has 0 aliphatic carbocycles. The highest BCUT2D eigenvalue weighted by Crippen LogP contribution is 2.32. The summed E-state index contributed by atoms with van der Waals surface area (Å²) < 4.78 is 13.3. The highest BCUT2D eigenvalue weighted by molar-refractivity contribution is 6.07. The molecule has 29 heavy (non-hydrogen) atoms. The predicted molar refractivity (Wildman–Crippen MR) is 110 cm³/mol. The van der Waals surface area contributed by atoms with Gasteiger partial charge in [0.1, 0.15) is 5.82 Å². The number of benzene rings is 2. The second-order valence-electron chi connectivity index (χ2n) is 6.94. The number of halogens is 1. The molecule has 146 valence electrons. The maximum absolute atomic E-state index is 13.3. The van der Waals surface area contributed by atoms with E-state index in [4.69, 9.17) is 0 Å². The molecular weight excluding hydrogens is 369 g/mol. The SMILES string of the molecule is CCc1c(NC(=O)C2=CNC(=O)C[C@H]2c2ccc(F)cc2)ccc2ncccc12. The lowest BCUT2D eigenvalue weighted by molar-refractivity contribution is -0.121. The highest BCUT2D eigenvalue weighted by atomic mass is 19.1. The van der Waals surface area contributed by atoms with E-state index in [9.17, 15) is 14.0 Å². The largest absolute Gasteiger partial charge is 0.332 e. The third kappa shape index (κ3) is 3.74. The smallest absolute Gasteiger partial charge is 0.253 e. The van der Waals surface area contributed by atoms with Crippen molar-refractivity contribution < 1.29 is 14.0 Å². The van der Waals surface area contributed by atoms with Gasteiger partial charge in [0.05, 0.1) is 5.52 Å². The lowest BCUT2D eigenvalue weighted by Crippen LogP contribution is -2.32. The maximum atomic E-state index is 13.3. The molecule has 6 heteroatoms. The van der Waals surface area contributed by atoms with Crippen LogP contribution in [-0.4, -0.2) is 16.8 Å². The number of nitrogens with zero attached hydrogens (tertiary/aromatic N) is 1. The first-order chi connectivity index (χ1) is 14.1. The molecule has 1 aliphatic rings. The van der Waals surface area contributed by atoms with Crippen LogP contribution in [0.5, 0.6) is 0 Å². The number of anilines is 1. The van der Waals surface area contributed by atoms with E-state index in [1.165, 1.54) is 18.3 Å². The van der Waals surface area contributed by atoms with E-state index in [2.05, 4.69) is 15.6 Å². The molecule has 2 amide bonds. The van der Waals surface area contributed by atoms with Crippen molar-refractivity contribution in [2.45, 2.75) is 25.7 Å². The van der Waals surface area contributed by atoms with E-state index in [0.29, 0.717) is 11.3 Å². The van der Waals surface area contributed by atoms with Gasteiger partial charge in [0.25, 0.3) is 5.91 Å². The minimum Gasteiger partial charge on any atom is -0.332 e. The van der Waals surface area contributed by atoms with Gasteiger partial charge < -0.3 is 10.6 Å². The Morgan fingerprint density at radius 3 is 2.76 bits per heavy atom. The first-order valence-electron chi connectivity index (χ1n) is 9.49. The second-order valence-corrected chi connectivity index (χ2v) is 6.94. The average Bonchev–Trinajstić information content (AvgIpc) is 2.74. The van der Waals surface area contributed by atoms with Crippen molar-refractivity contribution in [3.05, 3.63) is 83.4 Å². The number of aromatic nitrogens is 1. The van der Waals surface area contributed by atoms with Crippen LogP contribution >= 0.6 is 0 Å². The highest BCUT2D eigenvalue weighted by Gasteiger charge is 2.29. The molecule has 2 heterocycles. The summed E-state index contributed by atoms with van der Waals surface area (Å²) in [4.78, 5) is 29.4. The predicted octanol–water partition coefficient (Wildman–Crippen LogP) is 4.06. The minimum absolute atomic E-state index is 0.132. The average molecular weight is 389 g/mol. The Morgan fingerprint density at radius 2 is 2.00 bits per heavy atom. The fourth-order valence-corrected chi connectivity index (χ4v) is 3.74. The van der Waals surface area contributed by atoms with Gasteiger partial charge in [0, 0.05) is 41.4 Å². The lowest BCUT2D eigenvalue weighted by Gasteiger charge is -2.24. The Balaban J connectivity index is 1.67. The van der Waals surface area contributed by atoms with Gasteiger partial charge >= 0.3 is 0 Å². The number of carbonyl (C=O) groups is 2. The van der Waals surface area contributed by atoms with Crippen LogP contribution in [0.4, 0.5) is 10.1 Å². The molecule has 4 rings (SSSR count). The van der Waals surface area contributed by atoms with Crippen LogP contribution in [0.25, 0.3) is 10.9 Å². The van der Waals surface area contributed by atoms with Crippen LogP contribution in [-0.2, 0) is 16.0 Å². The minimum atomic E-state index is -0.434. The van der Waals surface area contributed by atoms with Gasteiger partial charge in [-0.05, 0) is 47.9 Å². The monoisotopic (exact) mass is 389 g/mol. The number of hydrogen-bond acceptors (Lipinski definition) is 3. The van der Waals surface area contributed by atoms with Crippen LogP contribution < -0.4 is 10.6 Å². The van der Waals surface area contributed by atoms with E-state index in [1.807, 2.05) is 31.2 Å². The number of amides is 2. The number of hydrogen-bond donors (Lipinski definition) is 2. The molecule has 0 saturated heterocycles. The Morgan fingerprint density at radius 1 is 1.21 bits per heavy atom. The van der Waals surface area contributed by atoms with E-state index >= 15 is 0 Å². The number of fused-ring (bicyclic) bond motifs is 1. The fraction of sp³-hybridized carbons (Fsp3) is 0.174. The molecule has 1 atom stereocenters. The summed E-state index contributed by atoms with van der Waals surface area (Å²) in [5.41, 5.74) is 3.75. The van der Waals surface area contributed by atoms with Crippen LogP contribution in [0, 0.1) is 5.82 Å². The molecule has 2 N–H and O–H groups in total. The molecule has 3 aromatic rings. The third-order valence-electron chi connectivity index (χ3n) is 5.19. The van der Waals surface area contributed by atoms with Crippen molar-refractivity contribution >= 4 is 28.4 Å². The Labute approximate surface area is 167 Å². The van der Waals surface area contributed by atoms with Gasteiger partial charge in [-0.1, -0.05) is 25.1 Å². The van der Waals surface area contributed by atoms with E-state index in [-0.39, 0.29) is 24.1 Å². The molecule has 2 aromatic carbocycles. The third-order valence-corrected chi connectivity index (χ3v) is 5.19. The van der Waals surface area contributed by atoms with Crippen LogP contribution in [0.15, 0.2) is 66.5 Å². The summed E-state index contributed by atoms with van der Waals surface area (Å²) in [6.45, 7) is 2.03. The topological polar surface area (TPSA) is 71.1 Å². The summed E-state index contributed by atoms with van der Waals surface area (Å²) in [5, 5.41) is 6.61.